The topological polar surface area (TPSA) is 79.7 Å². The minimum Gasteiger partial charge on any atom is -0.503 e. The van der Waals surface area contributed by atoms with Gasteiger partial charge in [-0.25, -0.2) is 4.98 Å². The van der Waals surface area contributed by atoms with Gasteiger partial charge >= 0.3 is 0 Å². The predicted octanol–water partition coefficient (Wildman–Crippen LogP) is 4.89. The summed E-state index contributed by atoms with van der Waals surface area (Å²) in [4.78, 5) is 31.8. The Morgan fingerprint density at radius 3 is 2.75 bits per heavy atom. The molecule has 0 aliphatic carbocycles. The monoisotopic (exact) mass is 444 g/mol. The standard InChI is InChI=1S/C25H20N2O4S/c1-2-14-31-19-10-6-9-18(16-19)22-21(20(28)12-11-17-7-4-3-5-8-17)23(29)24(30)27(22)25-26-13-15-32-25/h2-13,15-16,22,29H,1,14H2. The molecule has 0 bridgehead atoms. The lowest BCUT2D eigenvalue weighted by molar-refractivity contribution is -0.117. The number of amides is 1. The Morgan fingerprint density at radius 2 is 2.03 bits per heavy atom. The molecule has 7 heteroatoms. The normalized spacial score (nSPS) is 16.1. The van der Waals surface area contributed by atoms with E-state index in [0.717, 1.165) is 5.56 Å². The zero-order chi connectivity index (χ0) is 22.5. The maximum atomic E-state index is 13.2. The second-order valence-corrected chi connectivity index (χ2v) is 7.81. The Bertz CT molecular complexity index is 1200. The van der Waals surface area contributed by atoms with Gasteiger partial charge in [0.25, 0.3) is 5.91 Å². The summed E-state index contributed by atoms with van der Waals surface area (Å²) in [6, 6.07) is 15.6. The van der Waals surface area contributed by atoms with Crippen LogP contribution in [0.1, 0.15) is 17.2 Å². The summed E-state index contributed by atoms with van der Waals surface area (Å²) in [5.74, 6) is -1.14. The molecule has 1 aliphatic heterocycles. The zero-order valence-electron chi connectivity index (χ0n) is 17.0. The first-order valence-corrected chi connectivity index (χ1v) is 10.8. The van der Waals surface area contributed by atoms with Crippen LogP contribution in [0.2, 0.25) is 0 Å². The van der Waals surface area contributed by atoms with E-state index in [2.05, 4.69) is 11.6 Å². The highest BCUT2D eigenvalue weighted by molar-refractivity contribution is 7.13. The van der Waals surface area contributed by atoms with E-state index in [0.29, 0.717) is 23.1 Å². The Balaban J connectivity index is 1.76. The molecule has 160 valence electrons. The maximum absolute atomic E-state index is 13.2. The van der Waals surface area contributed by atoms with E-state index in [4.69, 9.17) is 4.74 Å². The summed E-state index contributed by atoms with van der Waals surface area (Å²) in [6.45, 7) is 3.96. The minimum absolute atomic E-state index is 0.00162. The van der Waals surface area contributed by atoms with Crippen molar-refractivity contribution in [1.29, 1.82) is 0 Å². The van der Waals surface area contributed by atoms with E-state index in [-0.39, 0.29) is 5.57 Å². The van der Waals surface area contributed by atoms with E-state index in [1.807, 2.05) is 30.3 Å². The number of hydrogen-bond acceptors (Lipinski definition) is 6. The summed E-state index contributed by atoms with van der Waals surface area (Å²) in [5, 5.41) is 12.8. The molecule has 0 spiro atoms. The summed E-state index contributed by atoms with van der Waals surface area (Å²) < 4.78 is 5.62. The first-order chi connectivity index (χ1) is 15.6. The van der Waals surface area contributed by atoms with Gasteiger partial charge in [0.1, 0.15) is 12.4 Å². The van der Waals surface area contributed by atoms with Gasteiger partial charge in [-0.15, -0.1) is 11.3 Å². The van der Waals surface area contributed by atoms with Crippen molar-refractivity contribution in [3.63, 3.8) is 0 Å². The number of carbonyl (C=O) groups is 2. The zero-order valence-corrected chi connectivity index (χ0v) is 17.9. The van der Waals surface area contributed by atoms with Crippen molar-refractivity contribution in [2.24, 2.45) is 0 Å². The van der Waals surface area contributed by atoms with Gasteiger partial charge < -0.3 is 9.84 Å². The molecule has 6 nitrogen and oxygen atoms in total. The molecule has 1 aromatic heterocycles. The number of anilines is 1. The van der Waals surface area contributed by atoms with Gasteiger partial charge in [-0.05, 0) is 29.3 Å². The first kappa shape index (κ1) is 21.3. The predicted molar refractivity (Wildman–Crippen MR) is 125 cm³/mol. The Labute approximate surface area is 189 Å². The number of benzene rings is 2. The SMILES string of the molecule is C=CCOc1cccc(C2C(C(=O)C=Cc3ccccc3)=C(O)C(=O)N2c2nccs2)c1. The molecule has 32 heavy (non-hydrogen) atoms. The van der Waals surface area contributed by atoms with Gasteiger partial charge in [-0.3, -0.25) is 14.5 Å². The van der Waals surface area contributed by atoms with Gasteiger partial charge in [0.05, 0.1) is 11.6 Å². The maximum Gasteiger partial charge on any atom is 0.296 e. The number of ether oxygens (including phenoxy) is 1. The third-order valence-corrected chi connectivity index (χ3v) is 5.64. The number of rotatable bonds is 8. The fourth-order valence-corrected chi connectivity index (χ4v) is 4.13. The molecular formula is C25H20N2O4S. The molecule has 1 N–H and O–H groups in total. The van der Waals surface area contributed by atoms with Crippen LogP contribution in [0.25, 0.3) is 6.08 Å². The molecule has 0 saturated heterocycles. The van der Waals surface area contributed by atoms with Gasteiger partial charge in [-0.2, -0.15) is 0 Å². The van der Waals surface area contributed by atoms with Gasteiger partial charge in [-0.1, -0.05) is 61.2 Å². The number of aliphatic hydroxyl groups is 1. The number of aromatic nitrogens is 1. The van der Waals surface area contributed by atoms with Crippen molar-refractivity contribution in [3.8, 4) is 5.75 Å². The fourth-order valence-electron chi connectivity index (χ4n) is 3.46. The molecule has 0 radical (unpaired) electrons. The van der Waals surface area contributed by atoms with Crippen molar-refractivity contribution in [2.75, 3.05) is 11.5 Å². The van der Waals surface area contributed by atoms with Crippen molar-refractivity contribution in [2.45, 2.75) is 6.04 Å². The van der Waals surface area contributed by atoms with Gasteiger partial charge in [0.15, 0.2) is 16.7 Å². The number of thiazole rings is 1. The van der Waals surface area contributed by atoms with E-state index in [1.165, 1.54) is 22.3 Å². The van der Waals surface area contributed by atoms with Crippen LogP contribution in [0, 0.1) is 0 Å². The molecule has 2 aromatic carbocycles. The van der Waals surface area contributed by atoms with Crippen molar-refractivity contribution in [3.05, 3.63) is 107 Å². The highest BCUT2D eigenvalue weighted by Crippen LogP contribution is 2.42. The summed E-state index contributed by atoms with van der Waals surface area (Å²) in [6.07, 6.45) is 6.22. The lowest BCUT2D eigenvalue weighted by Gasteiger charge is -2.24. The molecule has 1 amide bonds. The molecule has 1 aliphatic rings. The quantitative estimate of drug-likeness (QED) is 0.395. The van der Waals surface area contributed by atoms with Crippen LogP contribution in [0.15, 0.2) is 96.2 Å². The van der Waals surface area contributed by atoms with Gasteiger partial charge in [0.2, 0.25) is 0 Å². The van der Waals surface area contributed by atoms with Crippen LogP contribution < -0.4 is 9.64 Å². The largest absolute Gasteiger partial charge is 0.503 e. The number of aliphatic hydroxyl groups excluding tert-OH is 1. The third-order valence-electron chi connectivity index (χ3n) is 4.87. The number of ketones is 1. The highest BCUT2D eigenvalue weighted by Gasteiger charge is 2.44. The van der Waals surface area contributed by atoms with Crippen molar-refractivity contribution >= 4 is 34.2 Å². The average Bonchev–Trinajstić information content (AvgIpc) is 3.44. The molecule has 4 rings (SSSR count). The molecule has 3 aromatic rings. The van der Waals surface area contributed by atoms with Crippen LogP contribution >= 0.6 is 11.3 Å². The first-order valence-electron chi connectivity index (χ1n) is 9.87. The molecule has 0 saturated carbocycles. The lowest BCUT2D eigenvalue weighted by atomic mass is 9.95. The van der Waals surface area contributed by atoms with E-state index >= 15 is 0 Å². The van der Waals surface area contributed by atoms with Crippen LogP contribution in [0.4, 0.5) is 5.13 Å². The van der Waals surface area contributed by atoms with Crippen LogP contribution in [0.5, 0.6) is 5.75 Å². The summed E-state index contributed by atoms with van der Waals surface area (Å²) >= 11 is 1.25. The van der Waals surface area contributed by atoms with Crippen LogP contribution in [-0.4, -0.2) is 28.4 Å². The minimum atomic E-state index is -0.839. The third kappa shape index (κ3) is 4.24. The second-order valence-electron chi connectivity index (χ2n) is 6.94. The molecule has 0 fully saturated rings. The van der Waals surface area contributed by atoms with E-state index in [1.54, 1.807) is 48.0 Å². The van der Waals surface area contributed by atoms with E-state index in [9.17, 15) is 14.7 Å². The molecule has 1 unspecified atom stereocenters. The highest BCUT2D eigenvalue weighted by atomic mass is 32.1. The number of allylic oxidation sites excluding steroid dienone is 1. The average molecular weight is 445 g/mol. The summed E-state index contributed by atoms with van der Waals surface area (Å²) in [5.41, 5.74) is 1.45. The van der Waals surface area contributed by atoms with Crippen molar-refractivity contribution in [1.82, 2.24) is 4.98 Å². The Kier molecular flexibility index (Phi) is 6.28. The number of carbonyl (C=O) groups excluding carboxylic acids is 2. The smallest absolute Gasteiger partial charge is 0.296 e. The molecular weight excluding hydrogens is 424 g/mol. The van der Waals surface area contributed by atoms with Crippen LogP contribution in [-0.2, 0) is 9.59 Å². The Morgan fingerprint density at radius 1 is 1.22 bits per heavy atom. The van der Waals surface area contributed by atoms with Crippen LogP contribution in [0.3, 0.4) is 0 Å². The molecule has 1 atom stereocenters. The van der Waals surface area contributed by atoms with E-state index < -0.39 is 23.5 Å². The van der Waals surface area contributed by atoms with Crippen molar-refractivity contribution < 1.29 is 19.4 Å². The number of nitrogens with zero attached hydrogens (tertiary/aromatic N) is 2. The molecule has 2 heterocycles. The van der Waals surface area contributed by atoms with Gasteiger partial charge in [0, 0.05) is 11.6 Å². The Hall–Kier alpha value is -3.97. The fraction of sp³-hybridized carbons (Fsp3) is 0.0800. The number of hydrogen-bond donors (Lipinski definition) is 1. The summed E-state index contributed by atoms with van der Waals surface area (Å²) in [7, 11) is 0. The lowest BCUT2D eigenvalue weighted by Crippen LogP contribution is -2.30. The second kappa shape index (κ2) is 9.45.